The molecule has 8 N–H and O–H groups in total. The van der Waals surface area contributed by atoms with E-state index in [1.807, 2.05) is 0 Å². The maximum Gasteiger partial charge on any atom is 0.157 e. The van der Waals surface area contributed by atoms with Gasteiger partial charge in [-0.2, -0.15) is 0 Å². The molecule has 10 nitrogen and oxygen atoms in total. The van der Waals surface area contributed by atoms with E-state index in [2.05, 4.69) is 0 Å². The lowest BCUT2D eigenvalue weighted by molar-refractivity contribution is 0.00192. The van der Waals surface area contributed by atoms with Crippen molar-refractivity contribution in [3.8, 4) is 46.0 Å². The van der Waals surface area contributed by atoms with Gasteiger partial charge in [0.05, 0.1) is 6.10 Å². The molecule has 0 fully saturated rings. The number of rotatable bonds is 3. The van der Waals surface area contributed by atoms with E-state index >= 15 is 0 Å². The molecule has 0 amide bonds. The van der Waals surface area contributed by atoms with Crippen LogP contribution in [0, 0.1) is 0 Å². The van der Waals surface area contributed by atoms with Crippen molar-refractivity contribution in [1.29, 1.82) is 0 Å². The van der Waals surface area contributed by atoms with Crippen LogP contribution in [0.15, 0.2) is 66.7 Å². The highest BCUT2D eigenvalue weighted by Crippen LogP contribution is 2.55. The van der Waals surface area contributed by atoms with Crippen LogP contribution >= 0.6 is 0 Å². The molecule has 2 aliphatic rings. The summed E-state index contributed by atoms with van der Waals surface area (Å²) in [6.07, 6.45) is -4.59. The van der Waals surface area contributed by atoms with E-state index in [0.717, 1.165) is 6.07 Å². The summed E-state index contributed by atoms with van der Waals surface area (Å²) in [6, 6.07) is 15.5. The lowest BCUT2D eigenvalue weighted by Crippen LogP contribution is -2.36. The van der Waals surface area contributed by atoms with Crippen molar-refractivity contribution < 1.29 is 50.3 Å². The number of aliphatic hydroxyl groups is 2. The number of phenols is 6. The van der Waals surface area contributed by atoms with Crippen molar-refractivity contribution in [2.24, 2.45) is 0 Å². The highest BCUT2D eigenvalue weighted by atomic mass is 16.5. The van der Waals surface area contributed by atoms with Gasteiger partial charge in [-0.05, 0) is 41.5 Å². The van der Waals surface area contributed by atoms with Gasteiger partial charge in [-0.3, -0.25) is 0 Å². The van der Waals surface area contributed by atoms with Crippen LogP contribution in [0.4, 0.5) is 0 Å². The molecule has 0 aliphatic carbocycles. The number of hydrogen-bond acceptors (Lipinski definition) is 10. The molecule has 0 saturated heterocycles. The Bertz CT molecular complexity index is 1600. The third-order valence-corrected chi connectivity index (χ3v) is 7.48. The highest BCUT2D eigenvalue weighted by molar-refractivity contribution is 5.63. The number of aromatic hydroxyl groups is 6. The van der Waals surface area contributed by atoms with Crippen LogP contribution in [-0.4, -0.2) is 53.1 Å². The van der Waals surface area contributed by atoms with Crippen molar-refractivity contribution in [2.75, 3.05) is 0 Å². The zero-order chi connectivity index (χ0) is 28.3. The predicted octanol–water partition coefficient (Wildman–Crippen LogP) is 3.58. The average Bonchev–Trinajstić information content (AvgIpc) is 2.92. The first-order chi connectivity index (χ1) is 19.1. The Labute approximate surface area is 227 Å². The molecule has 5 atom stereocenters. The van der Waals surface area contributed by atoms with Gasteiger partial charge in [0.2, 0.25) is 0 Å². The van der Waals surface area contributed by atoms with Crippen molar-refractivity contribution in [3.63, 3.8) is 0 Å². The van der Waals surface area contributed by atoms with Crippen molar-refractivity contribution in [3.05, 3.63) is 94.5 Å². The lowest BCUT2D eigenvalue weighted by atomic mass is 9.78. The Morgan fingerprint density at radius 1 is 0.600 bits per heavy atom. The molecule has 6 rings (SSSR count). The molecule has 0 unspecified atom stereocenters. The topological polar surface area (TPSA) is 180 Å². The summed E-state index contributed by atoms with van der Waals surface area (Å²) in [5.41, 5.74) is 1.61. The summed E-state index contributed by atoms with van der Waals surface area (Å²) < 4.78 is 12.3. The Balaban J connectivity index is 1.52. The van der Waals surface area contributed by atoms with Gasteiger partial charge in [0.25, 0.3) is 0 Å². The molecule has 0 radical (unpaired) electrons. The second kappa shape index (κ2) is 9.44. The normalized spacial score (nSPS) is 23.4. The Hall–Kier alpha value is -4.80. The SMILES string of the molecule is Oc1ccc([C@H]2Oc3cc(O)ccc3[C@@H](c3c(O)cc(O)c4c3O[C@H](c3ccc(O)c(O)c3)[C@@H](O)C4)[C@@H]2O)cc1. The molecule has 206 valence electrons. The lowest BCUT2D eigenvalue weighted by Gasteiger charge is -2.40. The van der Waals surface area contributed by atoms with Crippen LogP contribution in [0.5, 0.6) is 46.0 Å². The summed E-state index contributed by atoms with van der Waals surface area (Å²) in [7, 11) is 0. The number of hydrogen-bond donors (Lipinski definition) is 8. The summed E-state index contributed by atoms with van der Waals surface area (Å²) in [4.78, 5) is 0. The molecule has 2 aliphatic heterocycles. The van der Waals surface area contributed by atoms with E-state index < -0.39 is 36.1 Å². The van der Waals surface area contributed by atoms with Crippen LogP contribution in [0.1, 0.15) is 45.9 Å². The average molecular weight is 547 g/mol. The largest absolute Gasteiger partial charge is 0.508 e. The number of phenolic OH excluding ortho intramolecular Hbond substituents is 6. The predicted molar refractivity (Wildman–Crippen MR) is 140 cm³/mol. The second-order valence-electron chi connectivity index (χ2n) is 10.0. The van der Waals surface area contributed by atoms with E-state index in [9.17, 15) is 40.9 Å². The summed E-state index contributed by atoms with van der Waals surface area (Å²) >= 11 is 0. The van der Waals surface area contributed by atoms with E-state index in [1.165, 1.54) is 42.5 Å². The Morgan fingerprint density at radius 2 is 1.30 bits per heavy atom. The van der Waals surface area contributed by atoms with E-state index in [1.54, 1.807) is 18.2 Å². The Morgan fingerprint density at radius 3 is 2.02 bits per heavy atom. The van der Waals surface area contributed by atoms with Gasteiger partial charge in [-0.25, -0.2) is 0 Å². The van der Waals surface area contributed by atoms with Gasteiger partial charge in [-0.15, -0.1) is 0 Å². The first-order valence-corrected chi connectivity index (χ1v) is 12.5. The minimum atomic E-state index is -1.31. The van der Waals surface area contributed by atoms with Gasteiger partial charge in [-0.1, -0.05) is 24.3 Å². The molecule has 0 bridgehead atoms. The maximum atomic E-state index is 11.7. The fraction of sp³-hybridized carbons (Fsp3) is 0.200. The van der Waals surface area contributed by atoms with Crippen molar-refractivity contribution >= 4 is 0 Å². The molecular formula is C30H26O10. The smallest absolute Gasteiger partial charge is 0.157 e. The molecule has 0 saturated carbocycles. The number of ether oxygens (including phenoxy) is 2. The zero-order valence-corrected chi connectivity index (χ0v) is 20.8. The Kier molecular flexibility index (Phi) is 6.01. The van der Waals surface area contributed by atoms with E-state index in [0.29, 0.717) is 16.7 Å². The fourth-order valence-corrected chi connectivity index (χ4v) is 5.55. The second-order valence-corrected chi connectivity index (χ2v) is 10.0. The third-order valence-electron chi connectivity index (χ3n) is 7.48. The first kappa shape index (κ1) is 25.5. The standard InChI is InChI=1S/C30H26O10/c31-15-4-1-13(2-5-15)29-27(38)25(17-7-6-16(32)10-24(17)39-29)26-22(36)12-20(34)18-11-23(37)28(40-30(18)26)14-3-8-19(33)21(35)9-14/h1-10,12,23,25,27-29,31-38H,11H2/t23-,25-,27-,28+,29+/m0/s1. The summed E-state index contributed by atoms with van der Waals surface area (Å²) in [5, 5.41) is 84.2. The fourth-order valence-electron chi connectivity index (χ4n) is 5.55. The van der Waals surface area contributed by atoms with Crippen molar-refractivity contribution in [1.82, 2.24) is 0 Å². The molecule has 40 heavy (non-hydrogen) atoms. The van der Waals surface area contributed by atoms with Crippen LogP contribution in [0.3, 0.4) is 0 Å². The van der Waals surface area contributed by atoms with Crippen LogP contribution in [0.25, 0.3) is 0 Å². The van der Waals surface area contributed by atoms with Gasteiger partial charge in [0, 0.05) is 41.2 Å². The number of aliphatic hydroxyl groups excluding tert-OH is 2. The van der Waals surface area contributed by atoms with E-state index in [-0.39, 0.29) is 57.8 Å². The molecule has 10 heteroatoms. The molecule has 4 aromatic carbocycles. The molecule has 2 heterocycles. The van der Waals surface area contributed by atoms with Crippen LogP contribution in [-0.2, 0) is 6.42 Å². The summed E-state index contributed by atoms with van der Waals surface area (Å²) in [6.45, 7) is 0. The van der Waals surface area contributed by atoms with Crippen LogP contribution in [0.2, 0.25) is 0 Å². The molecule has 0 aromatic heterocycles. The summed E-state index contributed by atoms with van der Waals surface area (Å²) in [5.74, 6) is -2.23. The molecule has 4 aromatic rings. The van der Waals surface area contributed by atoms with Gasteiger partial charge < -0.3 is 50.3 Å². The number of fused-ring (bicyclic) bond motifs is 2. The molecular weight excluding hydrogens is 520 g/mol. The quantitative estimate of drug-likeness (QED) is 0.177. The van der Waals surface area contributed by atoms with Crippen LogP contribution < -0.4 is 9.47 Å². The molecule has 0 spiro atoms. The van der Waals surface area contributed by atoms with Gasteiger partial charge >= 0.3 is 0 Å². The highest BCUT2D eigenvalue weighted by Gasteiger charge is 2.44. The third kappa shape index (κ3) is 4.14. The van der Waals surface area contributed by atoms with Crippen molar-refractivity contribution in [2.45, 2.75) is 36.8 Å². The van der Waals surface area contributed by atoms with Gasteiger partial charge in [0.15, 0.2) is 17.6 Å². The van der Waals surface area contributed by atoms with Gasteiger partial charge in [0.1, 0.15) is 46.7 Å². The zero-order valence-electron chi connectivity index (χ0n) is 20.8. The minimum absolute atomic E-state index is 0.0205. The van der Waals surface area contributed by atoms with E-state index in [4.69, 9.17) is 9.47 Å². The first-order valence-electron chi connectivity index (χ1n) is 12.5. The number of benzene rings is 4. The minimum Gasteiger partial charge on any atom is -0.508 e. The maximum absolute atomic E-state index is 11.7. The monoisotopic (exact) mass is 546 g/mol.